The lowest BCUT2D eigenvalue weighted by molar-refractivity contribution is 0.103. The summed E-state index contributed by atoms with van der Waals surface area (Å²) in [6.45, 7) is 1.82. The topological polar surface area (TPSA) is 79.4 Å². The van der Waals surface area contributed by atoms with Gasteiger partial charge in [0, 0.05) is 13.2 Å². The maximum absolute atomic E-state index is 12.3. The maximum atomic E-state index is 12.3. The molecule has 6 nitrogen and oxygen atoms in total. The fourth-order valence-electron chi connectivity index (χ4n) is 2.52. The number of nitrogens with zero attached hydrogens (tertiary/aromatic N) is 2. The van der Waals surface area contributed by atoms with Gasteiger partial charge in [-0.1, -0.05) is 18.2 Å². The van der Waals surface area contributed by atoms with Crippen molar-refractivity contribution in [3.8, 4) is 11.1 Å². The third-order valence-corrected chi connectivity index (χ3v) is 6.88. The number of thiophene rings is 1. The summed E-state index contributed by atoms with van der Waals surface area (Å²) >= 11 is 6.99. The highest BCUT2D eigenvalue weighted by molar-refractivity contribution is 7.90. The quantitative estimate of drug-likeness (QED) is 0.628. The van der Waals surface area contributed by atoms with Crippen LogP contribution in [0, 0.1) is 6.92 Å². The first-order valence-corrected chi connectivity index (χ1v) is 10.5. The Hall–Kier alpha value is -2.26. The molecule has 0 aliphatic rings. The summed E-state index contributed by atoms with van der Waals surface area (Å²) < 4.78 is 25.2. The van der Waals surface area contributed by atoms with E-state index in [4.69, 9.17) is 11.8 Å². The van der Waals surface area contributed by atoms with E-state index in [2.05, 4.69) is 10.3 Å². The van der Waals surface area contributed by atoms with E-state index in [1.165, 1.54) is 24.5 Å². The van der Waals surface area contributed by atoms with Crippen molar-refractivity contribution in [3.05, 3.63) is 64.5 Å². The minimum atomic E-state index is -3.76. The first kappa shape index (κ1) is 19.5. The third kappa shape index (κ3) is 4.03. The molecule has 0 fully saturated rings. The molecule has 1 aromatic carbocycles. The molecule has 0 aliphatic carbocycles. The number of sulfonamides is 1. The number of pyridine rings is 1. The number of carbonyl (C=O) groups excluding carboxylic acids is 1. The lowest BCUT2D eigenvalue weighted by Gasteiger charge is -2.13. The van der Waals surface area contributed by atoms with Crippen molar-refractivity contribution in [1.29, 1.82) is 0 Å². The van der Waals surface area contributed by atoms with Crippen molar-refractivity contribution in [2.75, 3.05) is 12.4 Å². The van der Waals surface area contributed by atoms with Crippen LogP contribution in [0.1, 0.15) is 15.2 Å². The van der Waals surface area contributed by atoms with E-state index in [1.54, 1.807) is 42.6 Å². The van der Waals surface area contributed by atoms with Gasteiger partial charge in [-0.15, -0.1) is 15.2 Å². The number of nitrogens with one attached hydrogen (secondary N) is 1. The number of hydrogen-bond acceptors (Lipinski definition) is 5. The van der Waals surface area contributed by atoms with Gasteiger partial charge in [0.15, 0.2) is 0 Å². The second kappa shape index (κ2) is 7.77. The van der Waals surface area contributed by atoms with Gasteiger partial charge < -0.3 is 5.32 Å². The van der Waals surface area contributed by atoms with Crippen molar-refractivity contribution in [2.45, 2.75) is 11.8 Å². The first-order valence-electron chi connectivity index (χ1n) is 7.86. The molecule has 27 heavy (non-hydrogen) atoms. The zero-order valence-electron chi connectivity index (χ0n) is 14.5. The van der Waals surface area contributed by atoms with Gasteiger partial charge in [-0.25, -0.2) is 13.4 Å². The zero-order chi connectivity index (χ0) is 19.6. The fraction of sp³-hybridized carbons (Fsp3) is 0.111. The van der Waals surface area contributed by atoms with Gasteiger partial charge in [0.1, 0.15) is 5.82 Å². The van der Waals surface area contributed by atoms with E-state index >= 15 is 0 Å². The Morgan fingerprint density at radius 3 is 2.67 bits per heavy atom. The minimum absolute atomic E-state index is 0.0814. The number of rotatable bonds is 5. The highest BCUT2D eigenvalue weighted by Crippen LogP contribution is 2.29. The van der Waals surface area contributed by atoms with Crippen LogP contribution >= 0.6 is 23.1 Å². The summed E-state index contributed by atoms with van der Waals surface area (Å²) in [6.07, 6.45) is 1.57. The Balaban J connectivity index is 1.98. The third-order valence-electron chi connectivity index (χ3n) is 3.96. The molecule has 0 saturated heterocycles. The lowest BCUT2D eigenvalue weighted by atomic mass is 10.0. The molecule has 0 atom stereocenters. The molecule has 0 spiro atoms. The van der Waals surface area contributed by atoms with E-state index < -0.39 is 10.0 Å². The second-order valence-corrected chi connectivity index (χ2v) is 9.31. The van der Waals surface area contributed by atoms with Crippen LogP contribution in [0.25, 0.3) is 11.1 Å². The number of benzene rings is 1. The Morgan fingerprint density at radius 2 is 2.00 bits per heavy atom. The highest BCUT2D eigenvalue weighted by atomic mass is 35.5. The SMILES string of the molecule is Cc1c(-c2cccc(S(=O)(=O)N(C)Cl)c2)ccnc1NC(=O)c1cccs1. The summed E-state index contributed by atoms with van der Waals surface area (Å²) in [7, 11) is -2.50. The van der Waals surface area contributed by atoms with Crippen molar-refractivity contribution in [2.24, 2.45) is 0 Å². The second-order valence-electron chi connectivity index (χ2n) is 5.69. The number of hydrogen-bond donors (Lipinski definition) is 1. The molecule has 140 valence electrons. The fourth-order valence-corrected chi connectivity index (χ4v) is 4.20. The predicted octanol–water partition coefficient (Wildman–Crippen LogP) is 4.15. The van der Waals surface area contributed by atoms with Crippen LogP contribution in [0.2, 0.25) is 0 Å². The van der Waals surface area contributed by atoms with Crippen LogP contribution in [0.15, 0.2) is 58.9 Å². The number of amides is 1. The van der Waals surface area contributed by atoms with E-state index in [0.717, 1.165) is 11.1 Å². The molecule has 9 heteroatoms. The molecule has 0 aliphatic heterocycles. The Labute approximate surface area is 166 Å². The van der Waals surface area contributed by atoms with Gasteiger partial charge in [-0.2, -0.15) is 0 Å². The van der Waals surface area contributed by atoms with Crippen molar-refractivity contribution < 1.29 is 13.2 Å². The van der Waals surface area contributed by atoms with E-state index in [-0.39, 0.29) is 10.8 Å². The van der Waals surface area contributed by atoms with Crippen LogP contribution in [-0.4, -0.2) is 30.2 Å². The normalized spacial score (nSPS) is 11.6. The molecule has 0 bridgehead atoms. The van der Waals surface area contributed by atoms with Crippen LogP contribution < -0.4 is 5.32 Å². The summed E-state index contributed by atoms with van der Waals surface area (Å²) in [5.41, 5.74) is 2.18. The summed E-state index contributed by atoms with van der Waals surface area (Å²) in [5.74, 6) is 0.187. The largest absolute Gasteiger partial charge is 0.306 e. The summed E-state index contributed by atoms with van der Waals surface area (Å²) in [4.78, 5) is 17.2. The van der Waals surface area contributed by atoms with Crippen LogP contribution in [0.3, 0.4) is 0 Å². The molecule has 2 heterocycles. The van der Waals surface area contributed by atoms with Crippen LogP contribution in [-0.2, 0) is 10.0 Å². The van der Waals surface area contributed by atoms with Gasteiger partial charge in [0.25, 0.3) is 15.9 Å². The molecule has 3 aromatic rings. The lowest BCUT2D eigenvalue weighted by Crippen LogP contribution is -2.17. The average molecular weight is 422 g/mol. The number of anilines is 1. The smallest absolute Gasteiger partial charge is 0.266 e. The maximum Gasteiger partial charge on any atom is 0.266 e. The number of aromatic nitrogens is 1. The molecule has 3 rings (SSSR count). The van der Waals surface area contributed by atoms with Gasteiger partial charge >= 0.3 is 0 Å². The highest BCUT2D eigenvalue weighted by Gasteiger charge is 2.20. The van der Waals surface area contributed by atoms with Crippen LogP contribution in [0.4, 0.5) is 5.82 Å². The summed E-state index contributed by atoms with van der Waals surface area (Å²) in [5, 5.41) is 4.62. The molecule has 0 saturated carbocycles. The monoisotopic (exact) mass is 421 g/mol. The van der Waals surface area contributed by atoms with Gasteiger partial charge in [0.05, 0.1) is 9.77 Å². The Kier molecular flexibility index (Phi) is 5.61. The number of carbonyl (C=O) groups is 1. The number of halogens is 1. The zero-order valence-corrected chi connectivity index (χ0v) is 16.9. The summed E-state index contributed by atoms with van der Waals surface area (Å²) in [6, 6.07) is 11.8. The van der Waals surface area contributed by atoms with Crippen molar-refractivity contribution in [1.82, 2.24) is 8.81 Å². The molecule has 0 unspecified atom stereocenters. The van der Waals surface area contributed by atoms with Gasteiger partial charge in [-0.3, -0.25) is 4.79 Å². The van der Waals surface area contributed by atoms with Crippen LogP contribution in [0.5, 0.6) is 0 Å². The Morgan fingerprint density at radius 1 is 1.22 bits per heavy atom. The van der Waals surface area contributed by atoms with E-state index in [0.29, 0.717) is 20.1 Å². The Bertz CT molecular complexity index is 1080. The molecular weight excluding hydrogens is 406 g/mol. The standard InChI is InChI=1S/C18H16ClN3O3S2/c1-12-15(13-5-3-6-14(11-13)27(24,25)22(2)19)8-9-20-17(12)21-18(23)16-7-4-10-26-16/h3-11H,1-2H3,(H,20,21,23). The predicted molar refractivity (Wildman–Crippen MR) is 107 cm³/mol. The van der Waals surface area contributed by atoms with E-state index in [9.17, 15) is 13.2 Å². The van der Waals surface area contributed by atoms with E-state index in [1.807, 2.05) is 12.3 Å². The van der Waals surface area contributed by atoms with Gasteiger partial charge in [-0.05, 0) is 65.0 Å². The molecule has 0 radical (unpaired) electrons. The van der Waals surface area contributed by atoms with Crippen molar-refractivity contribution in [3.63, 3.8) is 0 Å². The average Bonchev–Trinajstić information content (AvgIpc) is 3.18. The molecular formula is C18H16ClN3O3S2. The molecule has 2 aromatic heterocycles. The minimum Gasteiger partial charge on any atom is -0.306 e. The molecule has 1 amide bonds. The first-order chi connectivity index (χ1) is 12.8. The van der Waals surface area contributed by atoms with Gasteiger partial charge in [0.2, 0.25) is 0 Å². The van der Waals surface area contributed by atoms with Crippen molar-refractivity contribution >= 4 is 44.9 Å². The molecule has 1 N–H and O–H groups in total.